The van der Waals surface area contributed by atoms with Gasteiger partial charge in [-0.1, -0.05) is 18.2 Å². The number of hydrogen-bond acceptors (Lipinski definition) is 7. The molecule has 0 saturated heterocycles. The average Bonchev–Trinajstić information content (AvgIpc) is 3.24. The van der Waals surface area contributed by atoms with Gasteiger partial charge in [0.1, 0.15) is 17.4 Å². The summed E-state index contributed by atoms with van der Waals surface area (Å²) in [6, 6.07) is 11.7. The zero-order chi connectivity index (χ0) is 33.5. The van der Waals surface area contributed by atoms with Crippen molar-refractivity contribution in [3.8, 4) is 11.4 Å². The van der Waals surface area contributed by atoms with Gasteiger partial charge in [-0.25, -0.2) is 28.3 Å². The normalized spacial score (nSPS) is 17.1. The Balaban J connectivity index is 1.50. The Kier molecular flexibility index (Phi) is 9.14. The maximum Gasteiger partial charge on any atom is 0.407 e. The zero-order valence-corrected chi connectivity index (χ0v) is 27.7. The Morgan fingerprint density at radius 1 is 1.00 bits per heavy atom. The van der Waals surface area contributed by atoms with Gasteiger partial charge >= 0.3 is 17.5 Å². The van der Waals surface area contributed by atoms with Crippen molar-refractivity contribution in [2.75, 3.05) is 47.8 Å². The number of ether oxygens (including phenoxy) is 1. The standard InChI is InChI=1S/C34H44N6O6/c1-22(41)23-9-12-25(13-10-23)39-31(42)38-20-15-27-30(40(38)32(39)43)26-14-11-24(21-29(26)46-34(27,2)3)28(36(6)7)16-19-37(33(44)45)18-8-17-35(4)5/h9-15,21,28,30H,8,16-20H2,1-7H3,(H,44,45). The number of fused-ring (bicyclic) bond motifs is 5. The molecule has 0 saturated carbocycles. The molecule has 0 aliphatic carbocycles. The second-order valence-corrected chi connectivity index (χ2v) is 13.1. The minimum Gasteiger partial charge on any atom is -0.483 e. The van der Waals surface area contributed by atoms with E-state index in [1.165, 1.54) is 21.2 Å². The molecule has 12 nitrogen and oxygen atoms in total. The first-order valence-corrected chi connectivity index (χ1v) is 15.6. The van der Waals surface area contributed by atoms with Crippen LogP contribution >= 0.6 is 0 Å². The van der Waals surface area contributed by atoms with Crippen molar-refractivity contribution < 1.29 is 19.4 Å². The number of ketones is 1. The fourth-order valence-corrected chi connectivity index (χ4v) is 6.57. The number of carbonyl (C=O) groups excluding carboxylic acids is 1. The molecule has 246 valence electrons. The second kappa shape index (κ2) is 12.8. The van der Waals surface area contributed by atoms with Gasteiger partial charge in [-0.3, -0.25) is 4.79 Å². The molecule has 2 aliphatic heterocycles. The highest BCUT2D eigenvalue weighted by molar-refractivity contribution is 5.94. The van der Waals surface area contributed by atoms with Gasteiger partial charge in [0.25, 0.3) is 0 Å². The monoisotopic (exact) mass is 632 g/mol. The topological polar surface area (TPSA) is 122 Å². The summed E-state index contributed by atoms with van der Waals surface area (Å²) in [6.45, 7) is 7.25. The Labute approximate surface area is 268 Å². The van der Waals surface area contributed by atoms with Crippen LogP contribution in [0.3, 0.4) is 0 Å². The van der Waals surface area contributed by atoms with Gasteiger partial charge in [0, 0.05) is 30.3 Å². The number of benzene rings is 2. The molecule has 2 unspecified atom stereocenters. The highest BCUT2D eigenvalue weighted by atomic mass is 16.5. The van der Waals surface area contributed by atoms with E-state index in [0.717, 1.165) is 34.2 Å². The molecule has 0 radical (unpaired) electrons. The second-order valence-electron chi connectivity index (χ2n) is 13.1. The molecule has 2 aliphatic rings. The van der Waals surface area contributed by atoms with E-state index in [9.17, 15) is 24.3 Å². The highest BCUT2D eigenvalue weighted by Gasteiger charge is 2.44. The number of Topliss-reactive ketones (excluding diaryl/α,β-unsaturated/α-hetero) is 1. The fraction of sp³-hybridized carbons (Fsp3) is 0.471. The van der Waals surface area contributed by atoms with Crippen LogP contribution in [0.4, 0.5) is 4.79 Å². The number of allylic oxidation sites excluding steroid dienone is 1. The van der Waals surface area contributed by atoms with Crippen LogP contribution in [0, 0.1) is 0 Å². The molecule has 0 spiro atoms. The predicted octanol–water partition coefficient (Wildman–Crippen LogP) is 3.63. The molecule has 0 fully saturated rings. The quantitative estimate of drug-likeness (QED) is 0.251. The molecule has 2 atom stereocenters. The first kappa shape index (κ1) is 33.0. The van der Waals surface area contributed by atoms with Crippen LogP contribution in [0.5, 0.6) is 5.75 Å². The molecule has 46 heavy (non-hydrogen) atoms. The first-order chi connectivity index (χ1) is 21.7. The number of carboxylic acid groups (broad SMARTS) is 1. The third-order valence-corrected chi connectivity index (χ3v) is 8.99. The Morgan fingerprint density at radius 3 is 2.30 bits per heavy atom. The van der Waals surface area contributed by atoms with Crippen LogP contribution in [0.15, 0.2) is 63.7 Å². The van der Waals surface area contributed by atoms with Crippen molar-refractivity contribution in [3.05, 3.63) is 91.8 Å². The van der Waals surface area contributed by atoms with Gasteiger partial charge < -0.3 is 24.5 Å². The van der Waals surface area contributed by atoms with E-state index in [-0.39, 0.29) is 18.4 Å². The van der Waals surface area contributed by atoms with Gasteiger partial charge in [-0.15, -0.1) is 0 Å². The molecule has 0 bridgehead atoms. The van der Waals surface area contributed by atoms with Crippen LogP contribution in [-0.2, 0) is 6.54 Å². The van der Waals surface area contributed by atoms with Crippen LogP contribution in [0.1, 0.15) is 67.2 Å². The molecule has 3 aromatic rings. The maximum atomic E-state index is 14.0. The lowest BCUT2D eigenvalue weighted by Gasteiger charge is -2.43. The molecule has 5 rings (SSSR count). The lowest BCUT2D eigenvalue weighted by Crippen LogP contribution is -2.46. The fourth-order valence-electron chi connectivity index (χ4n) is 6.57. The molecular weight excluding hydrogens is 588 g/mol. The molecule has 1 amide bonds. The molecule has 2 aromatic carbocycles. The molecule has 1 N–H and O–H groups in total. The number of rotatable bonds is 11. The van der Waals surface area contributed by atoms with Gasteiger partial charge in [0.05, 0.1) is 12.2 Å². The van der Waals surface area contributed by atoms with Gasteiger partial charge in [0.15, 0.2) is 5.78 Å². The molecule has 3 heterocycles. The van der Waals surface area contributed by atoms with Crippen molar-refractivity contribution >= 4 is 11.9 Å². The van der Waals surface area contributed by atoms with Gasteiger partial charge in [-0.2, -0.15) is 0 Å². The van der Waals surface area contributed by atoms with Crippen molar-refractivity contribution in [3.63, 3.8) is 0 Å². The van der Waals surface area contributed by atoms with Crippen LogP contribution in [0.25, 0.3) is 5.69 Å². The summed E-state index contributed by atoms with van der Waals surface area (Å²) in [7, 11) is 7.88. The van der Waals surface area contributed by atoms with E-state index >= 15 is 0 Å². The number of carbonyl (C=O) groups is 2. The zero-order valence-electron chi connectivity index (χ0n) is 27.7. The molecular formula is C34H44N6O6. The summed E-state index contributed by atoms with van der Waals surface area (Å²) in [5.41, 5.74) is 1.82. The summed E-state index contributed by atoms with van der Waals surface area (Å²) in [5.74, 6) is 0.515. The van der Waals surface area contributed by atoms with Crippen molar-refractivity contribution in [2.24, 2.45) is 0 Å². The van der Waals surface area contributed by atoms with Crippen LogP contribution < -0.4 is 16.1 Å². The lowest BCUT2D eigenvalue weighted by atomic mass is 9.82. The largest absolute Gasteiger partial charge is 0.483 e. The summed E-state index contributed by atoms with van der Waals surface area (Å²) >= 11 is 0. The number of amides is 1. The number of aromatic nitrogens is 3. The minimum atomic E-state index is -0.929. The maximum absolute atomic E-state index is 14.0. The Bertz CT molecular complexity index is 1780. The summed E-state index contributed by atoms with van der Waals surface area (Å²) in [6.07, 6.45) is 2.37. The Hall–Kier alpha value is -4.42. The van der Waals surface area contributed by atoms with E-state index < -0.39 is 29.1 Å². The third kappa shape index (κ3) is 6.19. The van der Waals surface area contributed by atoms with Crippen molar-refractivity contribution in [1.29, 1.82) is 0 Å². The van der Waals surface area contributed by atoms with Gasteiger partial charge in [0.2, 0.25) is 0 Å². The lowest BCUT2D eigenvalue weighted by molar-refractivity contribution is 0.101. The summed E-state index contributed by atoms with van der Waals surface area (Å²) in [5, 5.41) is 9.82. The third-order valence-electron chi connectivity index (χ3n) is 8.99. The van der Waals surface area contributed by atoms with E-state index in [1.807, 2.05) is 71.2 Å². The van der Waals surface area contributed by atoms with E-state index in [0.29, 0.717) is 36.5 Å². The average molecular weight is 633 g/mol. The molecule has 12 heteroatoms. The Morgan fingerprint density at radius 2 is 1.70 bits per heavy atom. The first-order valence-electron chi connectivity index (χ1n) is 15.6. The molecule has 1 aromatic heterocycles. The van der Waals surface area contributed by atoms with Crippen LogP contribution in [-0.4, -0.2) is 99.0 Å². The predicted molar refractivity (Wildman–Crippen MR) is 175 cm³/mol. The van der Waals surface area contributed by atoms with Crippen molar-refractivity contribution in [1.82, 2.24) is 28.6 Å². The van der Waals surface area contributed by atoms with Crippen molar-refractivity contribution in [2.45, 2.75) is 57.8 Å². The summed E-state index contributed by atoms with van der Waals surface area (Å²) < 4.78 is 10.7. The van der Waals surface area contributed by atoms with E-state index in [4.69, 9.17) is 4.74 Å². The SMILES string of the molecule is CC(=O)c1ccc(-n2c(=O)n3n(c2=O)C2C(=CC3)C(C)(C)Oc3cc(C(CCN(CCCN(C)C)C(=O)O)N(C)C)ccc32)cc1. The number of hydrogen-bond donors (Lipinski definition) is 1. The van der Waals surface area contributed by atoms with E-state index in [1.54, 1.807) is 24.3 Å². The summed E-state index contributed by atoms with van der Waals surface area (Å²) in [4.78, 5) is 57.0. The van der Waals surface area contributed by atoms with Gasteiger partial charge in [-0.05, 0) is 110 Å². The van der Waals surface area contributed by atoms with Crippen LogP contribution in [0.2, 0.25) is 0 Å². The smallest absolute Gasteiger partial charge is 0.407 e. The highest BCUT2D eigenvalue weighted by Crippen LogP contribution is 2.47. The number of nitrogens with zero attached hydrogens (tertiary/aromatic N) is 6. The minimum absolute atomic E-state index is 0.0871. The van der Waals surface area contributed by atoms with E-state index in [2.05, 4.69) is 4.90 Å².